The van der Waals surface area contributed by atoms with Crippen molar-refractivity contribution in [2.24, 2.45) is 0 Å². The Kier molecular flexibility index (Phi) is 3.34. The molecule has 0 fully saturated rings. The summed E-state index contributed by atoms with van der Waals surface area (Å²) in [5, 5.41) is 4.07. The molecule has 7 nitrogen and oxygen atoms in total. The minimum atomic E-state index is -0.667. The van der Waals surface area contributed by atoms with Gasteiger partial charge in [0, 0.05) is 11.7 Å². The van der Waals surface area contributed by atoms with E-state index in [0.29, 0.717) is 5.56 Å². The predicted octanol–water partition coefficient (Wildman–Crippen LogP) is 2.07. The fraction of sp³-hybridized carbons (Fsp3) is 0.235. The predicted molar refractivity (Wildman–Crippen MR) is 85.6 cm³/mol. The van der Waals surface area contributed by atoms with Gasteiger partial charge < -0.3 is 13.7 Å². The lowest BCUT2D eigenvalue weighted by Crippen LogP contribution is -2.39. The Labute approximate surface area is 137 Å². The highest BCUT2D eigenvalue weighted by molar-refractivity contribution is 5.96. The minimum Gasteiger partial charge on any atom is -0.472 e. The fourth-order valence-corrected chi connectivity index (χ4v) is 3.06. The summed E-state index contributed by atoms with van der Waals surface area (Å²) in [5.74, 6) is -0.724. The zero-order valence-electron chi connectivity index (χ0n) is 13.0. The molecule has 1 atom stereocenters. The van der Waals surface area contributed by atoms with Crippen molar-refractivity contribution in [3.05, 3.63) is 59.0 Å². The first kappa shape index (κ1) is 14.5. The molecule has 24 heavy (non-hydrogen) atoms. The number of furan rings is 1. The van der Waals surface area contributed by atoms with Gasteiger partial charge in [0.2, 0.25) is 5.91 Å². The van der Waals surface area contributed by atoms with E-state index in [4.69, 9.17) is 8.83 Å². The van der Waals surface area contributed by atoms with Gasteiger partial charge in [0.05, 0.1) is 11.8 Å². The van der Waals surface area contributed by atoms with Crippen molar-refractivity contribution in [1.29, 1.82) is 0 Å². The quantitative estimate of drug-likeness (QED) is 0.736. The molecule has 4 rings (SSSR count). The first-order valence-electron chi connectivity index (χ1n) is 7.64. The lowest BCUT2D eigenvalue weighted by Gasteiger charge is -2.22. The van der Waals surface area contributed by atoms with E-state index in [1.54, 1.807) is 11.0 Å². The van der Waals surface area contributed by atoms with Gasteiger partial charge in [0.25, 0.3) is 5.89 Å². The van der Waals surface area contributed by atoms with Gasteiger partial charge in [-0.2, -0.15) is 4.68 Å². The first-order chi connectivity index (χ1) is 11.6. The highest BCUT2D eigenvalue weighted by atomic mass is 16.4. The van der Waals surface area contributed by atoms with Crippen LogP contribution in [0.5, 0.6) is 0 Å². The summed E-state index contributed by atoms with van der Waals surface area (Å²) in [6.07, 6.45) is 3.69. The van der Waals surface area contributed by atoms with Crippen molar-refractivity contribution < 1.29 is 13.6 Å². The number of hydrogen-bond donors (Lipinski definition) is 0. The molecule has 0 saturated carbocycles. The highest BCUT2D eigenvalue weighted by Crippen LogP contribution is 2.31. The maximum absolute atomic E-state index is 12.7. The van der Waals surface area contributed by atoms with Crippen LogP contribution < -0.4 is 10.7 Å². The number of nitrogens with zero attached hydrogens (tertiary/aromatic N) is 3. The van der Waals surface area contributed by atoms with Crippen LogP contribution in [0.15, 0.2) is 56.5 Å². The smallest absolute Gasteiger partial charge is 0.437 e. The van der Waals surface area contributed by atoms with E-state index in [9.17, 15) is 9.59 Å². The second kappa shape index (κ2) is 5.52. The number of fused-ring (bicyclic) bond motifs is 1. The van der Waals surface area contributed by atoms with E-state index in [1.165, 1.54) is 12.5 Å². The van der Waals surface area contributed by atoms with E-state index >= 15 is 0 Å². The Bertz CT molecular complexity index is 939. The maximum Gasteiger partial charge on any atom is 0.437 e. The highest BCUT2D eigenvalue weighted by Gasteiger charge is 2.31. The number of rotatable bonds is 3. The van der Waals surface area contributed by atoms with Gasteiger partial charge >= 0.3 is 5.76 Å². The van der Waals surface area contributed by atoms with Crippen LogP contribution >= 0.6 is 0 Å². The van der Waals surface area contributed by atoms with Gasteiger partial charge in [0.1, 0.15) is 12.8 Å². The molecule has 0 N–H and O–H groups in total. The van der Waals surface area contributed by atoms with Gasteiger partial charge in [-0.1, -0.05) is 18.2 Å². The van der Waals surface area contributed by atoms with Crippen LogP contribution in [0.2, 0.25) is 0 Å². The third-order valence-corrected chi connectivity index (χ3v) is 4.14. The standard InChI is InChI=1S/C17H15N3O4/c1-11-8-12-4-2-3-5-14(12)20(11)15(21)9-19-17(22)24-16(18-19)13-6-7-23-10-13/h2-7,10-11H,8-9H2,1H3. The summed E-state index contributed by atoms with van der Waals surface area (Å²) in [4.78, 5) is 26.4. The SMILES string of the molecule is CC1Cc2ccccc2N1C(=O)Cn1nc(-c2ccoc2)oc1=O. The maximum atomic E-state index is 12.7. The van der Waals surface area contributed by atoms with Gasteiger partial charge in [0.15, 0.2) is 0 Å². The summed E-state index contributed by atoms with van der Waals surface area (Å²) in [6, 6.07) is 9.47. The number of benzene rings is 1. The van der Waals surface area contributed by atoms with Crippen molar-refractivity contribution in [2.45, 2.75) is 25.9 Å². The molecule has 7 heteroatoms. The summed E-state index contributed by atoms with van der Waals surface area (Å²) in [5.41, 5.74) is 2.57. The largest absolute Gasteiger partial charge is 0.472 e. The van der Waals surface area contributed by atoms with Crippen LogP contribution in [-0.2, 0) is 17.8 Å². The van der Waals surface area contributed by atoms with Gasteiger partial charge in [-0.15, -0.1) is 5.10 Å². The molecule has 1 aromatic carbocycles. The number of carbonyl (C=O) groups excluding carboxylic acids is 1. The number of aromatic nitrogens is 2. The van der Waals surface area contributed by atoms with Crippen LogP contribution in [0, 0.1) is 0 Å². The van der Waals surface area contributed by atoms with Crippen LogP contribution in [0.3, 0.4) is 0 Å². The van der Waals surface area contributed by atoms with Crippen molar-refractivity contribution >= 4 is 11.6 Å². The Morgan fingerprint density at radius 2 is 2.17 bits per heavy atom. The monoisotopic (exact) mass is 325 g/mol. The zero-order chi connectivity index (χ0) is 16.7. The minimum absolute atomic E-state index is 0.0471. The Morgan fingerprint density at radius 1 is 1.33 bits per heavy atom. The van der Waals surface area contributed by atoms with Crippen molar-refractivity contribution in [3.63, 3.8) is 0 Å². The Balaban J connectivity index is 1.60. The Hall–Kier alpha value is -3.09. The van der Waals surface area contributed by atoms with Gasteiger partial charge in [-0.05, 0) is 31.0 Å². The van der Waals surface area contributed by atoms with Gasteiger partial charge in [-0.25, -0.2) is 4.79 Å². The van der Waals surface area contributed by atoms with Crippen molar-refractivity contribution in [3.8, 4) is 11.5 Å². The van der Waals surface area contributed by atoms with Crippen molar-refractivity contribution in [2.75, 3.05) is 4.90 Å². The molecule has 1 aliphatic rings. The van der Waals surface area contributed by atoms with E-state index in [2.05, 4.69) is 5.10 Å². The second-order valence-electron chi connectivity index (χ2n) is 5.79. The van der Waals surface area contributed by atoms with Crippen LogP contribution in [-0.4, -0.2) is 21.7 Å². The van der Waals surface area contributed by atoms with Crippen LogP contribution in [0.4, 0.5) is 5.69 Å². The number of anilines is 1. The molecule has 0 bridgehead atoms. The lowest BCUT2D eigenvalue weighted by atomic mass is 10.1. The molecule has 0 saturated heterocycles. The number of carbonyl (C=O) groups is 1. The second-order valence-corrected chi connectivity index (χ2v) is 5.79. The molecule has 1 aliphatic heterocycles. The fourth-order valence-electron chi connectivity index (χ4n) is 3.06. The average molecular weight is 325 g/mol. The summed E-state index contributed by atoms with van der Waals surface area (Å²) in [6.45, 7) is 1.82. The average Bonchev–Trinajstić information content (AvgIpc) is 3.26. The van der Waals surface area contributed by atoms with Crippen molar-refractivity contribution in [1.82, 2.24) is 9.78 Å². The Morgan fingerprint density at radius 3 is 2.96 bits per heavy atom. The molecule has 0 spiro atoms. The molecule has 122 valence electrons. The molecule has 0 radical (unpaired) electrons. The molecule has 0 aliphatic carbocycles. The van der Waals surface area contributed by atoms with Crippen LogP contribution in [0.1, 0.15) is 12.5 Å². The summed E-state index contributed by atoms with van der Waals surface area (Å²) in [7, 11) is 0. The topological polar surface area (TPSA) is 81.5 Å². The van der Waals surface area contributed by atoms with Gasteiger partial charge in [-0.3, -0.25) is 4.79 Å². The van der Waals surface area contributed by atoms with E-state index in [1.807, 2.05) is 31.2 Å². The third kappa shape index (κ3) is 2.34. The van der Waals surface area contributed by atoms with E-state index in [-0.39, 0.29) is 24.4 Å². The summed E-state index contributed by atoms with van der Waals surface area (Å²) < 4.78 is 11.1. The van der Waals surface area contributed by atoms with Crippen LogP contribution in [0.25, 0.3) is 11.5 Å². The normalized spacial score (nSPS) is 16.4. The molecule has 1 unspecified atom stereocenters. The molecule has 3 aromatic rings. The zero-order valence-corrected chi connectivity index (χ0v) is 13.0. The summed E-state index contributed by atoms with van der Waals surface area (Å²) >= 11 is 0. The number of para-hydroxylation sites is 1. The van der Waals surface area contributed by atoms with E-state index < -0.39 is 5.76 Å². The van der Waals surface area contributed by atoms with E-state index in [0.717, 1.165) is 22.4 Å². The molecular weight excluding hydrogens is 310 g/mol. The number of amides is 1. The molecule has 1 amide bonds. The molecule has 2 aromatic heterocycles. The number of hydrogen-bond acceptors (Lipinski definition) is 5. The first-order valence-corrected chi connectivity index (χ1v) is 7.64. The molecular formula is C17H15N3O4. The lowest BCUT2D eigenvalue weighted by molar-refractivity contribution is -0.119. The molecule has 3 heterocycles. The third-order valence-electron chi connectivity index (χ3n) is 4.14.